The van der Waals surface area contributed by atoms with Gasteiger partial charge in [0.2, 0.25) is 17.7 Å². The molecule has 0 bridgehead atoms. The Labute approximate surface area is 376 Å². The van der Waals surface area contributed by atoms with Gasteiger partial charge in [0.15, 0.2) is 23.5 Å². The number of benzene rings is 2. The van der Waals surface area contributed by atoms with Crippen molar-refractivity contribution in [1.29, 1.82) is 0 Å². The highest BCUT2D eigenvalue weighted by atomic mass is 79.9. The maximum atomic E-state index is 14.0. The van der Waals surface area contributed by atoms with E-state index in [1.807, 2.05) is 63.2 Å². The second kappa shape index (κ2) is 18.9. The van der Waals surface area contributed by atoms with Gasteiger partial charge >= 0.3 is 5.97 Å². The average molecular weight is 933 g/mol. The molecule has 3 amide bonds. The Morgan fingerprint density at radius 3 is 2.51 bits per heavy atom. The van der Waals surface area contributed by atoms with Crippen LogP contribution in [0.5, 0.6) is 0 Å². The number of ether oxygens (including phenoxy) is 3. The van der Waals surface area contributed by atoms with E-state index in [0.717, 1.165) is 29.5 Å². The third-order valence-corrected chi connectivity index (χ3v) is 14.6. The second-order valence-corrected chi connectivity index (χ2v) is 19.2. The first-order valence-electron chi connectivity index (χ1n) is 21.9. The lowest BCUT2D eigenvalue weighted by Crippen LogP contribution is -2.63. The van der Waals surface area contributed by atoms with Gasteiger partial charge in [-0.1, -0.05) is 91.7 Å². The van der Waals surface area contributed by atoms with Crippen LogP contribution in [0.1, 0.15) is 89.2 Å². The fourth-order valence-corrected chi connectivity index (χ4v) is 11.4. The van der Waals surface area contributed by atoms with Gasteiger partial charge in [0, 0.05) is 34.4 Å². The molecule has 1 aliphatic heterocycles. The summed E-state index contributed by atoms with van der Waals surface area (Å²) in [6.07, 6.45) is 5.73. The van der Waals surface area contributed by atoms with Gasteiger partial charge < -0.3 is 40.4 Å². The number of ketones is 2. The van der Waals surface area contributed by atoms with Gasteiger partial charge in [-0.25, -0.2) is 0 Å². The molecule has 5 N–H and O–H groups in total. The van der Waals surface area contributed by atoms with Gasteiger partial charge in [0.1, 0.15) is 12.6 Å². The lowest BCUT2D eigenvalue weighted by atomic mass is 9.46. The zero-order valence-electron chi connectivity index (χ0n) is 36.2. The Balaban J connectivity index is 1.01. The van der Waals surface area contributed by atoms with E-state index < -0.39 is 77.1 Å². The van der Waals surface area contributed by atoms with Crippen LogP contribution in [0.15, 0.2) is 72.3 Å². The number of alkyl halides is 1. The molecule has 1 heterocycles. The number of aliphatic hydroxyl groups excluding tert-OH is 2. The zero-order chi connectivity index (χ0) is 45.3. The minimum Gasteiger partial charge on any atom is -0.465 e. The van der Waals surface area contributed by atoms with Crippen molar-refractivity contribution in [3.05, 3.63) is 89.0 Å². The molecule has 0 spiro atoms. The van der Waals surface area contributed by atoms with Gasteiger partial charge in [0.05, 0.1) is 30.7 Å². The van der Waals surface area contributed by atoms with E-state index in [2.05, 4.69) is 38.8 Å². The fourth-order valence-electron chi connectivity index (χ4n) is 11.2. The summed E-state index contributed by atoms with van der Waals surface area (Å²) >= 11 is 3.03. The smallest absolute Gasteiger partial charge is 0.305 e. The largest absolute Gasteiger partial charge is 0.465 e. The number of halogens is 1. The second-order valence-electron chi connectivity index (χ2n) is 18.6. The van der Waals surface area contributed by atoms with E-state index in [1.165, 1.54) is 0 Å². The summed E-state index contributed by atoms with van der Waals surface area (Å²) in [5.41, 5.74) is 1.34. The van der Waals surface area contributed by atoms with Crippen molar-refractivity contribution < 1.29 is 53.2 Å². The molecule has 2 aromatic carbocycles. The number of carbonyl (C=O) groups excluding carboxylic acids is 6. The maximum absolute atomic E-state index is 14.0. The van der Waals surface area contributed by atoms with Gasteiger partial charge in [-0.15, -0.1) is 0 Å². The van der Waals surface area contributed by atoms with Crippen LogP contribution in [0.4, 0.5) is 5.69 Å². The Morgan fingerprint density at radius 2 is 1.79 bits per heavy atom. The van der Waals surface area contributed by atoms with Crippen molar-refractivity contribution in [1.82, 2.24) is 10.6 Å². The lowest BCUT2D eigenvalue weighted by molar-refractivity contribution is -0.201. The standard InChI is InChI=1S/C48H58BrN3O11/c1-27(2)26-61-42(59)15-14-36(52-41(58)24-50-40(57)23-49)44(60)51-32-7-5-6-29(19-32)18-28-8-10-30(11-9-28)45-62-39-21-35-34-13-12-31-20-33(54)16-17-46(31,3)43(34)37(55)22-47(35,4)48(39,63-45)38(56)25-53/h5-11,16-17,19-20,27,34-37,39,43,45,53,55H,12-15,18,21-26H2,1-4H3,(H,50,57)(H,51,60)(H,52,58)/t34-,35-,36-,37-,39+,43+,45+,46-,47-,48+/m0/s1. The van der Waals surface area contributed by atoms with Crippen LogP contribution in [0, 0.1) is 34.5 Å². The molecular weight excluding hydrogens is 874 g/mol. The predicted molar refractivity (Wildman–Crippen MR) is 235 cm³/mol. The predicted octanol–water partition coefficient (Wildman–Crippen LogP) is 4.79. The highest BCUT2D eigenvalue weighted by Crippen LogP contribution is 2.70. The van der Waals surface area contributed by atoms with Crippen LogP contribution in [-0.4, -0.2) is 94.4 Å². The van der Waals surface area contributed by atoms with Crippen molar-refractivity contribution >= 4 is 56.9 Å². The van der Waals surface area contributed by atoms with Crippen LogP contribution >= 0.6 is 15.9 Å². The molecule has 2 aromatic rings. The van der Waals surface area contributed by atoms with Crippen LogP contribution in [0.3, 0.4) is 0 Å². The van der Waals surface area contributed by atoms with Crippen LogP contribution < -0.4 is 16.0 Å². The maximum Gasteiger partial charge on any atom is 0.305 e. The minimum atomic E-state index is -1.45. The molecule has 15 heteroatoms. The molecule has 5 aliphatic rings. The molecule has 338 valence electrons. The number of amides is 3. The van der Waals surface area contributed by atoms with E-state index in [9.17, 15) is 39.0 Å². The molecule has 10 atom stereocenters. The first-order valence-corrected chi connectivity index (χ1v) is 23.0. The number of hydrogen-bond donors (Lipinski definition) is 5. The van der Waals surface area contributed by atoms with Crippen LogP contribution in [-0.2, 0) is 49.4 Å². The van der Waals surface area contributed by atoms with E-state index in [-0.39, 0.29) is 60.8 Å². The zero-order valence-corrected chi connectivity index (χ0v) is 37.8. The Kier molecular flexibility index (Phi) is 13.9. The topological polar surface area (TPSA) is 207 Å². The number of rotatable bonds is 16. The van der Waals surface area contributed by atoms with Crippen molar-refractivity contribution in [2.45, 2.75) is 103 Å². The average Bonchev–Trinajstić information content (AvgIpc) is 3.76. The van der Waals surface area contributed by atoms with Gasteiger partial charge in [-0.05, 0) is 91.7 Å². The van der Waals surface area contributed by atoms with E-state index in [0.29, 0.717) is 30.5 Å². The summed E-state index contributed by atoms with van der Waals surface area (Å²) in [7, 11) is 0. The summed E-state index contributed by atoms with van der Waals surface area (Å²) in [4.78, 5) is 76.4. The van der Waals surface area contributed by atoms with Crippen molar-refractivity contribution in [3.8, 4) is 0 Å². The summed E-state index contributed by atoms with van der Waals surface area (Å²) in [6, 6.07) is 13.8. The third kappa shape index (κ3) is 9.22. The number of nitrogens with one attached hydrogen (secondary N) is 3. The number of anilines is 1. The van der Waals surface area contributed by atoms with Crippen LogP contribution in [0.2, 0.25) is 0 Å². The first kappa shape index (κ1) is 46.5. The molecule has 3 saturated carbocycles. The Bertz CT molecular complexity index is 2170. The summed E-state index contributed by atoms with van der Waals surface area (Å²) in [5, 5.41) is 30.3. The monoisotopic (exact) mass is 931 g/mol. The number of Topliss-reactive ketones (excluding diaryl/α,β-unsaturated/α-hetero) is 1. The molecule has 0 unspecified atom stereocenters. The SMILES string of the molecule is CC(C)COC(=O)CC[C@H](NC(=O)CNC(=O)CBr)C(=O)Nc1cccc(Cc2ccc([C@@H]3O[C@@H]4C[C@H]5[C@@H]6CCC7=CC(=O)C=C[C@]7(C)[C@H]6[C@@H](O)C[C@]5(C)[C@]4(C(=O)CO)O3)cc2)c1. The van der Waals surface area contributed by atoms with Crippen molar-refractivity contribution in [3.63, 3.8) is 0 Å². The number of allylic oxidation sites excluding steroid dienone is 4. The molecule has 14 nitrogen and oxygen atoms in total. The van der Waals surface area contributed by atoms with Crippen molar-refractivity contribution in [2.75, 3.05) is 30.4 Å². The summed E-state index contributed by atoms with van der Waals surface area (Å²) in [6.45, 7) is 7.12. The Morgan fingerprint density at radius 1 is 1.03 bits per heavy atom. The first-order chi connectivity index (χ1) is 30.0. The van der Waals surface area contributed by atoms with Crippen molar-refractivity contribution in [2.24, 2.45) is 34.5 Å². The number of fused-ring (bicyclic) bond motifs is 7. The van der Waals surface area contributed by atoms with E-state index >= 15 is 0 Å². The fraction of sp³-hybridized carbons (Fsp3) is 0.542. The highest BCUT2D eigenvalue weighted by Gasteiger charge is 2.75. The normalized spacial score (nSPS) is 30.9. The quantitative estimate of drug-likeness (QED) is 0.114. The number of hydrogen-bond acceptors (Lipinski definition) is 11. The van der Waals surface area contributed by atoms with E-state index in [4.69, 9.17) is 14.2 Å². The molecule has 4 aliphatic carbocycles. The molecule has 1 saturated heterocycles. The molecular formula is C48H58BrN3O11. The summed E-state index contributed by atoms with van der Waals surface area (Å²) in [5.74, 6) is -2.43. The molecule has 4 fully saturated rings. The summed E-state index contributed by atoms with van der Waals surface area (Å²) < 4.78 is 18.7. The lowest BCUT2D eigenvalue weighted by Gasteiger charge is -2.59. The molecule has 63 heavy (non-hydrogen) atoms. The van der Waals surface area contributed by atoms with Gasteiger partial charge in [-0.3, -0.25) is 28.8 Å². The number of aliphatic hydroxyl groups is 2. The van der Waals surface area contributed by atoms with Gasteiger partial charge in [-0.2, -0.15) is 0 Å². The molecule has 0 aromatic heterocycles. The third-order valence-electron chi connectivity index (χ3n) is 14.1. The van der Waals surface area contributed by atoms with E-state index in [1.54, 1.807) is 24.3 Å². The van der Waals surface area contributed by atoms with Gasteiger partial charge in [0.25, 0.3) is 0 Å². The highest BCUT2D eigenvalue weighted by molar-refractivity contribution is 9.09. The van der Waals surface area contributed by atoms with Crippen LogP contribution in [0.25, 0.3) is 0 Å². The molecule has 0 radical (unpaired) electrons. The number of carbonyl (C=O) groups is 6. The number of esters is 1. The molecule has 7 rings (SSSR count). The minimum absolute atomic E-state index is 0.0130. The Hall–Kier alpha value is -4.54.